The van der Waals surface area contributed by atoms with E-state index in [9.17, 15) is 4.79 Å². The minimum atomic E-state index is -0.149. The number of benzene rings is 1. The predicted molar refractivity (Wildman–Crippen MR) is 62.0 cm³/mol. The average molecular weight is 219 g/mol. The van der Waals surface area contributed by atoms with Gasteiger partial charge >= 0.3 is 0 Å². The van der Waals surface area contributed by atoms with Crippen LogP contribution in [0.4, 0.5) is 0 Å². The molecule has 0 spiro atoms. The van der Waals surface area contributed by atoms with Gasteiger partial charge in [0.25, 0.3) is 0 Å². The lowest BCUT2D eigenvalue weighted by Crippen LogP contribution is -2.36. The van der Waals surface area contributed by atoms with E-state index in [0.717, 1.165) is 6.42 Å². The van der Waals surface area contributed by atoms with E-state index in [1.807, 2.05) is 18.2 Å². The highest BCUT2D eigenvalue weighted by atomic mass is 16.3. The molecule has 2 N–H and O–H groups in total. The summed E-state index contributed by atoms with van der Waals surface area (Å²) in [6.07, 6.45) is 0.925. The van der Waals surface area contributed by atoms with Crippen LogP contribution in [0.15, 0.2) is 30.3 Å². The fourth-order valence-corrected chi connectivity index (χ4v) is 1.95. The molecule has 0 aromatic heterocycles. The largest absolute Gasteiger partial charge is 0.394 e. The summed E-state index contributed by atoms with van der Waals surface area (Å²) in [6.45, 7) is 1.80. The van der Waals surface area contributed by atoms with Gasteiger partial charge in [-0.1, -0.05) is 30.3 Å². The highest BCUT2D eigenvalue weighted by Gasteiger charge is 2.43. The Morgan fingerprint density at radius 1 is 1.50 bits per heavy atom. The number of amides is 1. The molecule has 1 aromatic carbocycles. The summed E-state index contributed by atoms with van der Waals surface area (Å²) in [7, 11) is 0. The summed E-state index contributed by atoms with van der Waals surface area (Å²) >= 11 is 0. The molecule has 16 heavy (non-hydrogen) atoms. The van der Waals surface area contributed by atoms with Crippen molar-refractivity contribution in [1.29, 1.82) is 0 Å². The molecule has 0 aliphatic heterocycles. The topological polar surface area (TPSA) is 49.3 Å². The maximum absolute atomic E-state index is 11.7. The van der Waals surface area contributed by atoms with Crippen LogP contribution in [-0.2, 0) is 4.79 Å². The molecule has 0 bridgehead atoms. The average Bonchev–Trinajstić information content (AvgIpc) is 3.10. The van der Waals surface area contributed by atoms with Gasteiger partial charge in [-0.2, -0.15) is 0 Å². The van der Waals surface area contributed by atoms with E-state index in [1.54, 1.807) is 6.92 Å². The number of rotatable bonds is 4. The van der Waals surface area contributed by atoms with E-state index in [1.165, 1.54) is 5.56 Å². The van der Waals surface area contributed by atoms with E-state index < -0.39 is 0 Å². The first-order chi connectivity index (χ1) is 7.72. The van der Waals surface area contributed by atoms with Gasteiger partial charge in [0.2, 0.25) is 5.91 Å². The Labute approximate surface area is 95.5 Å². The first-order valence-corrected chi connectivity index (χ1v) is 5.68. The zero-order chi connectivity index (χ0) is 11.5. The van der Waals surface area contributed by atoms with Crippen molar-refractivity contribution in [3.8, 4) is 0 Å². The van der Waals surface area contributed by atoms with Crippen LogP contribution in [-0.4, -0.2) is 23.7 Å². The predicted octanol–water partition coefficient (Wildman–Crippen LogP) is 1.29. The van der Waals surface area contributed by atoms with Crippen molar-refractivity contribution in [2.75, 3.05) is 6.61 Å². The summed E-state index contributed by atoms with van der Waals surface area (Å²) < 4.78 is 0. The third-order valence-corrected chi connectivity index (χ3v) is 3.02. The molecule has 3 nitrogen and oxygen atoms in total. The molecule has 1 amide bonds. The fourth-order valence-electron chi connectivity index (χ4n) is 1.95. The summed E-state index contributed by atoms with van der Waals surface area (Å²) in [5, 5.41) is 11.7. The van der Waals surface area contributed by atoms with Crippen LogP contribution in [0.2, 0.25) is 0 Å². The SMILES string of the molecule is C[C@H](CO)NC(=O)C1CC1c1ccccc1. The van der Waals surface area contributed by atoms with Crippen molar-refractivity contribution >= 4 is 5.91 Å². The van der Waals surface area contributed by atoms with E-state index in [2.05, 4.69) is 17.4 Å². The molecule has 0 heterocycles. The zero-order valence-corrected chi connectivity index (χ0v) is 9.39. The maximum Gasteiger partial charge on any atom is 0.224 e. The second kappa shape index (κ2) is 4.66. The van der Waals surface area contributed by atoms with Crippen LogP contribution < -0.4 is 5.32 Å². The summed E-state index contributed by atoms with van der Waals surface area (Å²) in [4.78, 5) is 11.7. The Morgan fingerprint density at radius 3 is 2.81 bits per heavy atom. The highest BCUT2D eigenvalue weighted by Crippen LogP contribution is 2.47. The number of aliphatic hydroxyl groups excluding tert-OH is 1. The molecule has 3 heteroatoms. The first kappa shape index (κ1) is 11.1. The minimum Gasteiger partial charge on any atom is -0.394 e. The van der Waals surface area contributed by atoms with Gasteiger partial charge in [-0.3, -0.25) is 4.79 Å². The van der Waals surface area contributed by atoms with Gasteiger partial charge in [0.05, 0.1) is 6.61 Å². The van der Waals surface area contributed by atoms with Crippen LogP contribution >= 0.6 is 0 Å². The van der Waals surface area contributed by atoms with E-state index in [0.29, 0.717) is 5.92 Å². The normalized spacial score (nSPS) is 24.9. The van der Waals surface area contributed by atoms with Crippen LogP contribution in [0.1, 0.15) is 24.8 Å². The Bertz CT molecular complexity index is 363. The van der Waals surface area contributed by atoms with Gasteiger partial charge in [0, 0.05) is 12.0 Å². The van der Waals surface area contributed by atoms with Gasteiger partial charge in [-0.25, -0.2) is 0 Å². The minimum absolute atomic E-state index is 0.00549. The van der Waals surface area contributed by atoms with E-state index in [4.69, 9.17) is 5.11 Å². The number of aliphatic hydroxyl groups is 1. The fraction of sp³-hybridized carbons (Fsp3) is 0.462. The number of hydrogen-bond acceptors (Lipinski definition) is 2. The molecule has 3 atom stereocenters. The van der Waals surface area contributed by atoms with Gasteiger partial charge in [0.1, 0.15) is 0 Å². The lowest BCUT2D eigenvalue weighted by atomic mass is 10.1. The highest BCUT2D eigenvalue weighted by molar-refractivity contribution is 5.83. The smallest absolute Gasteiger partial charge is 0.224 e. The van der Waals surface area contributed by atoms with Crippen LogP contribution in [0, 0.1) is 5.92 Å². The first-order valence-electron chi connectivity index (χ1n) is 5.68. The van der Waals surface area contributed by atoms with Crippen molar-refractivity contribution in [3.05, 3.63) is 35.9 Å². The van der Waals surface area contributed by atoms with E-state index >= 15 is 0 Å². The molecule has 86 valence electrons. The number of nitrogens with one attached hydrogen (secondary N) is 1. The Balaban J connectivity index is 1.89. The van der Waals surface area contributed by atoms with Crippen molar-refractivity contribution in [2.24, 2.45) is 5.92 Å². The van der Waals surface area contributed by atoms with Gasteiger partial charge < -0.3 is 10.4 Å². The van der Waals surface area contributed by atoms with Crippen molar-refractivity contribution < 1.29 is 9.90 Å². The second-order valence-electron chi connectivity index (χ2n) is 4.45. The Hall–Kier alpha value is -1.35. The number of carbonyl (C=O) groups excluding carboxylic acids is 1. The van der Waals surface area contributed by atoms with Gasteiger partial charge in [0.15, 0.2) is 0 Å². The van der Waals surface area contributed by atoms with Gasteiger partial charge in [-0.15, -0.1) is 0 Å². The summed E-state index contributed by atoms with van der Waals surface area (Å²) in [5.41, 5.74) is 1.24. The molecule has 1 aliphatic carbocycles. The van der Waals surface area contributed by atoms with Crippen LogP contribution in [0.5, 0.6) is 0 Å². The quantitative estimate of drug-likeness (QED) is 0.801. The lowest BCUT2D eigenvalue weighted by Gasteiger charge is -2.10. The second-order valence-corrected chi connectivity index (χ2v) is 4.45. The molecule has 2 unspecified atom stereocenters. The molecular formula is C13H17NO2. The monoisotopic (exact) mass is 219 g/mol. The Morgan fingerprint density at radius 2 is 2.19 bits per heavy atom. The molecule has 0 radical (unpaired) electrons. The molecule has 1 aromatic rings. The zero-order valence-electron chi connectivity index (χ0n) is 9.39. The van der Waals surface area contributed by atoms with Crippen molar-refractivity contribution in [1.82, 2.24) is 5.32 Å². The number of carbonyl (C=O) groups is 1. The summed E-state index contributed by atoms with van der Waals surface area (Å²) in [5.74, 6) is 0.527. The van der Waals surface area contributed by atoms with Crippen molar-refractivity contribution in [3.63, 3.8) is 0 Å². The van der Waals surface area contributed by atoms with Crippen LogP contribution in [0.25, 0.3) is 0 Å². The molecule has 1 aliphatic rings. The molecule has 2 rings (SSSR count). The maximum atomic E-state index is 11.7. The van der Waals surface area contributed by atoms with Crippen LogP contribution in [0.3, 0.4) is 0 Å². The molecule has 1 saturated carbocycles. The molecule has 0 saturated heterocycles. The molecule has 1 fully saturated rings. The molecular weight excluding hydrogens is 202 g/mol. The number of hydrogen-bond donors (Lipinski definition) is 2. The lowest BCUT2D eigenvalue weighted by molar-refractivity contribution is -0.123. The third kappa shape index (κ3) is 2.42. The standard InChI is InChI=1S/C13H17NO2/c1-9(8-15)14-13(16)12-7-11(12)10-5-3-2-4-6-10/h2-6,9,11-12,15H,7-8H2,1H3,(H,14,16)/t9-,11?,12?/m1/s1. The third-order valence-electron chi connectivity index (χ3n) is 3.02. The van der Waals surface area contributed by atoms with E-state index in [-0.39, 0.29) is 24.5 Å². The Kier molecular flexibility index (Phi) is 3.25. The summed E-state index contributed by atoms with van der Waals surface area (Å²) in [6, 6.07) is 9.96. The van der Waals surface area contributed by atoms with Crippen molar-refractivity contribution in [2.45, 2.75) is 25.3 Å². The van der Waals surface area contributed by atoms with Gasteiger partial charge in [-0.05, 0) is 24.8 Å².